The molecule has 0 aliphatic carbocycles. The third kappa shape index (κ3) is 1.92. The number of pyridine rings is 1. The quantitative estimate of drug-likeness (QED) is 0.657. The van der Waals surface area contributed by atoms with Crippen molar-refractivity contribution in [3.8, 4) is 0 Å². The molecule has 0 saturated carbocycles. The second-order valence-electron chi connectivity index (χ2n) is 2.21. The Labute approximate surface area is 71.7 Å². The molecule has 0 aliphatic rings. The highest BCUT2D eigenvalue weighted by Crippen LogP contribution is 1.99. The van der Waals surface area contributed by atoms with Gasteiger partial charge in [0, 0.05) is 25.0 Å². The van der Waals surface area contributed by atoms with Crippen LogP contribution in [-0.2, 0) is 0 Å². The standard InChI is InChI=1S/C9H11N3/c1-11-9(4-5-10)8-3-2-6-12-7-8/h2-7H,10H2,1H3/b5-4-,11-9?. The van der Waals surface area contributed by atoms with Gasteiger partial charge in [-0.1, -0.05) is 0 Å². The molecular weight excluding hydrogens is 150 g/mol. The summed E-state index contributed by atoms with van der Waals surface area (Å²) in [6, 6.07) is 3.81. The number of aromatic nitrogens is 1. The predicted octanol–water partition coefficient (Wildman–Crippen LogP) is 0.973. The first-order valence-electron chi connectivity index (χ1n) is 3.64. The van der Waals surface area contributed by atoms with Crippen molar-refractivity contribution in [2.75, 3.05) is 7.05 Å². The zero-order chi connectivity index (χ0) is 8.81. The number of rotatable bonds is 2. The van der Waals surface area contributed by atoms with E-state index < -0.39 is 0 Å². The van der Waals surface area contributed by atoms with Crippen LogP contribution in [0, 0.1) is 0 Å². The van der Waals surface area contributed by atoms with Crippen LogP contribution in [0.5, 0.6) is 0 Å². The summed E-state index contributed by atoms with van der Waals surface area (Å²) in [5.41, 5.74) is 7.07. The van der Waals surface area contributed by atoms with Crippen LogP contribution >= 0.6 is 0 Å². The van der Waals surface area contributed by atoms with Crippen LogP contribution in [0.2, 0.25) is 0 Å². The molecule has 0 bridgehead atoms. The molecule has 0 unspecified atom stereocenters. The fraction of sp³-hybridized carbons (Fsp3) is 0.111. The van der Waals surface area contributed by atoms with E-state index in [1.165, 1.54) is 6.20 Å². The van der Waals surface area contributed by atoms with Crippen molar-refractivity contribution in [1.82, 2.24) is 4.98 Å². The molecule has 0 fully saturated rings. The molecule has 0 spiro atoms. The summed E-state index contributed by atoms with van der Waals surface area (Å²) < 4.78 is 0. The normalized spacial score (nSPS) is 12.2. The second kappa shape index (κ2) is 4.28. The molecule has 1 aromatic heterocycles. The second-order valence-corrected chi connectivity index (χ2v) is 2.21. The van der Waals surface area contributed by atoms with Gasteiger partial charge in [-0.3, -0.25) is 9.98 Å². The number of hydrogen-bond donors (Lipinski definition) is 1. The Bertz CT molecular complexity index is 288. The van der Waals surface area contributed by atoms with E-state index in [4.69, 9.17) is 5.73 Å². The Morgan fingerprint density at radius 2 is 2.50 bits per heavy atom. The lowest BCUT2D eigenvalue weighted by atomic mass is 10.2. The van der Waals surface area contributed by atoms with Crippen LogP contribution in [0.15, 0.2) is 41.8 Å². The first kappa shape index (κ1) is 8.46. The van der Waals surface area contributed by atoms with Gasteiger partial charge in [0.05, 0.1) is 5.71 Å². The molecule has 3 nitrogen and oxygen atoms in total. The molecule has 62 valence electrons. The predicted molar refractivity (Wildman–Crippen MR) is 50.0 cm³/mol. The van der Waals surface area contributed by atoms with Gasteiger partial charge in [0.25, 0.3) is 0 Å². The van der Waals surface area contributed by atoms with Gasteiger partial charge in [0.15, 0.2) is 0 Å². The minimum Gasteiger partial charge on any atom is -0.405 e. The molecule has 0 atom stereocenters. The fourth-order valence-corrected chi connectivity index (χ4v) is 0.905. The third-order valence-corrected chi connectivity index (χ3v) is 1.45. The Hall–Kier alpha value is -1.64. The first-order chi connectivity index (χ1) is 5.88. The van der Waals surface area contributed by atoms with Crippen LogP contribution in [0.3, 0.4) is 0 Å². The Morgan fingerprint density at radius 1 is 1.67 bits per heavy atom. The highest BCUT2D eigenvalue weighted by atomic mass is 14.7. The summed E-state index contributed by atoms with van der Waals surface area (Å²) in [6.07, 6.45) is 6.69. The summed E-state index contributed by atoms with van der Waals surface area (Å²) in [5, 5.41) is 0. The Balaban J connectivity index is 2.97. The van der Waals surface area contributed by atoms with E-state index in [1.807, 2.05) is 12.1 Å². The van der Waals surface area contributed by atoms with Gasteiger partial charge < -0.3 is 5.73 Å². The topological polar surface area (TPSA) is 51.3 Å². The van der Waals surface area contributed by atoms with Crippen LogP contribution in [0.25, 0.3) is 0 Å². The van der Waals surface area contributed by atoms with Crippen molar-refractivity contribution >= 4 is 5.71 Å². The number of nitrogens with zero attached hydrogens (tertiary/aromatic N) is 2. The minimum atomic E-state index is 0.839. The smallest absolute Gasteiger partial charge is 0.0672 e. The zero-order valence-electron chi connectivity index (χ0n) is 6.94. The Morgan fingerprint density at radius 3 is 3.00 bits per heavy atom. The van der Waals surface area contributed by atoms with Gasteiger partial charge in [0.2, 0.25) is 0 Å². The highest BCUT2D eigenvalue weighted by molar-refractivity contribution is 6.08. The first-order valence-corrected chi connectivity index (χ1v) is 3.64. The maximum atomic E-state index is 5.26. The summed E-state index contributed by atoms with van der Waals surface area (Å²) in [5.74, 6) is 0. The summed E-state index contributed by atoms with van der Waals surface area (Å²) in [6.45, 7) is 0. The molecule has 0 aliphatic heterocycles. The van der Waals surface area contributed by atoms with Gasteiger partial charge in [-0.25, -0.2) is 0 Å². The SMILES string of the molecule is CN=C(/C=C\N)c1cccnc1. The lowest BCUT2D eigenvalue weighted by Gasteiger charge is -1.97. The van der Waals surface area contributed by atoms with Gasteiger partial charge >= 0.3 is 0 Å². The van der Waals surface area contributed by atoms with Gasteiger partial charge in [-0.15, -0.1) is 0 Å². The molecule has 0 aromatic carbocycles. The van der Waals surface area contributed by atoms with Crippen LogP contribution in [-0.4, -0.2) is 17.7 Å². The average molecular weight is 161 g/mol. The molecule has 2 N–H and O–H groups in total. The lowest BCUT2D eigenvalue weighted by molar-refractivity contribution is 1.31. The maximum Gasteiger partial charge on any atom is 0.0672 e. The van der Waals surface area contributed by atoms with E-state index in [1.54, 1.807) is 25.5 Å². The number of aliphatic imine (C=N–C) groups is 1. The lowest BCUT2D eigenvalue weighted by Crippen LogP contribution is -1.97. The van der Waals surface area contributed by atoms with Gasteiger partial charge in [-0.05, 0) is 24.4 Å². The van der Waals surface area contributed by atoms with Crippen molar-refractivity contribution in [2.24, 2.45) is 10.7 Å². The molecule has 1 heterocycles. The molecule has 0 radical (unpaired) electrons. The van der Waals surface area contributed by atoms with Crippen LogP contribution in [0.4, 0.5) is 0 Å². The summed E-state index contributed by atoms with van der Waals surface area (Å²) in [4.78, 5) is 8.04. The summed E-state index contributed by atoms with van der Waals surface area (Å²) in [7, 11) is 1.72. The van der Waals surface area contributed by atoms with Crippen molar-refractivity contribution in [1.29, 1.82) is 0 Å². The van der Waals surface area contributed by atoms with Crippen LogP contribution in [0.1, 0.15) is 5.56 Å². The van der Waals surface area contributed by atoms with Crippen molar-refractivity contribution in [3.63, 3.8) is 0 Å². The molecule has 12 heavy (non-hydrogen) atoms. The van der Waals surface area contributed by atoms with Crippen molar-refractivity contribution < 1.29 is 0 Å². The van der Waals surface area contributed by atoms with E-state index in [9.17, 15) is 0 Å². The molecule has 0 saturated heterocycles. The number of nitrogens with two attached hydrogens (primary N) is 1. The van der Waals surface area contributed by atoms with Crippen molar-refractivity contribution in [2.45, 2.75) is 0 Å². The highest BCUT2D eigenvalue weighted by Gasteiger charge is 1.95. The number of allylic oxidation sites excluding steroid dienone is 1. The van der Waals surface area contributed by atoms with Crippen molar-refractivity contribution in [3.05, 3.63) is 42.4 Å². The number of hydrogen-bond acceptors (Lipinski definition) is 3. The van der Waals surface area contributed by atoms with E-state index in [-0.39, 0.29) is 0 Å². The monoisotopic (exact) mass is 161 g/mol. The van der Waals surface area contributed by atoms with E-state index in [2.05, 4.69) is 9.98 Å². The molecule has 0 amide bonds. The van der Waals surface area contributed by atoms with Crippen LogP contribution < -0.4 is 5.73 Å². The molecule has 1 aromatic rings. The average Bonchev–Trinajstić information content (AvgIpc) is 2.15. The third-order valence-electron chi connectivity index (χ3n) is 1.45. The van der Waals surface area contributed by atoms with Gasteiger partial charge in [-0.2, -0.15) is 0 Å². The van der Waals surface area contributed by atoms with E-state index in [0.717, 1.165) is 11.3 Å². The molecule has 1 rings (SSSR count). The zero-order valence-corrected chi connectivity index (χ0v) is 6.94. The van der Waals surface area contributed by atoms with Gasteiger partial charge in [0.1, 0.15) is 0 Å². The summed E-state index contributed by atoms with van der Waals surface area (Å²) >= 11 is 0. The maximum absolute atomic E-state index is 5.26. The molecule has 3 heteroatoms. The Kier molecular flexibility index (Phi) is 3.02. The van der Waals surface area contributed by atoms with E-state index >= 15 is 0 Å². The van der Waals surface area contributed by atoms with E-state index in [0.29, 0.717) is 0 Å². The fourth-order valence-electron chi connectivity index (χ4n) is 0.905. The minimum absolute atomic E-state index is 0.839. The molecular formula is C9H11N3. The largest absolute Gasteiger partial charge is 0.405 e.